The molecule has 5 heteroatoms. The van der Waals surface area contributed by atoms with Gasteiger partial charge in [-0.3, -0.25) is 10.1 Å². The summed E-state index contributed by atoms with van der Waals surface area (Å²) in [4.78, 5) is 10.8. The van der Waals surface area contributed by atoms with E-state index in [4.69, 9.17) is 4.74 Å². The topological polar surface area (TPSA) is 52.4 Å². The van der Waals surface area contributed by atoms with Crippen LogP contribution in [0.2, 0.25) is 0 Å². The molecule has 0 aliphatic rings. The molecule has 0 radical (unpaired) electrons. The highest BCUT2D eigenvalue weighted by Crippen LogP contribution is 2.30. The number of ether oxygens (including phenoxy) is 1. The Hall–Kier alpha value is -1.23. The maximum atomic E-state index is 10.6. The number of nitro benzene ring substituents is 1. The van der Waals surface area contributed by atoms with E-state index in [9.17, 15) is 10.1 Å². The molecule has 0 aromatic heterocycles. The van der Waals surface area contributed by atoms with E-state index in [0.29, 0.717) is 10.6 Å². The van der Waals surface area contributed by atoms with Gasteiger partial charge in [-0.25, -0.2) is 0 Å². The van der Waals surface area contributed by atoms with E-state index >= 15 is 0 Å². The first-order chi connectivity index (χ1) is 7.19. The minimum absolute atomic E-state index is 0.0897. The second-order valence-corrected chi connectivity index (χ2v) is 3.14. The van der Waals surface area contributed by atoms with Crippen molar-refractivity contribution in [3.8, 4) is 5.75 Å². The van der Waals surface area contributed by atoms with Crippen molar-refractivity contribution in [1.29, 1.82) is 0 Å². The minimum atomic E-state index is -0.408. The van der Waals surface area contributed by atoms with E-state index < -0.39 is 4.92 Å². The summed E-state index contributed by atoms with van der Waals surface area (Å²) < 4.78 is 4.89. The van der Waals surface area contributed by atoms with Gasteiger partial charge < -0.3 is 4.74 Å². The highest BCUT2D eigenvalue weighted by Gasteiger charge is 2.13. The fourth-order valence-electron chi connectivity index (χ4n) is 0.939. The number of rotatable bonds is 3. The maximum absolute atomic E-state index is 10.6. The molecule has 0 amide bonds. The molecular formula is C10H15NO3S. The van der Waals surface area contributed by atoms with Crippen LogP contribution in [0.1, 0.15) is 13.8 Å². The highest BCUT2D eigenvalue weighted by molar-refractivity contribution is 7.98. The first-order valence-electron chi connectivity index (χ1n) is 4.55. The van der Waals surface area contributed by atoms with Crippen LogP contribution in [-0.2, 0) is 0 Å². The van der Waals surface area contributed by atoms with Crippen LogP contribution in [0.3, 0.4) is 0 Å². The van der Waals surface area contributed by atoms with E-state index in [0.717, 1.165) is 0 Å². The summed E-state index contributed by atoms with van der Waals surface area (Å²) >= 11 is 1.35. The molecule has 0 aliphatic carbocycles. The summed E-state index contributed by atoms with van der Waals surface area (Å²) in [5.74, 6) is 0.504. The molecule has 0 saturated heterocycles. The second-order valence-electron chi connectivity index (χ2n) is 2.29. The number of hydrogen-bond donors (Lipinski definition) is 0. The third-order valence-electron chi connectivity index (χ3n) is 1.58. The monoisotopic (exact) mass is 229 g/mol. The average molecular weight is 229 g/mol. The van der Waals surface area contributed by atoms with E-state index in [-0.39, 0.29) is 5.69 Å². The summed E-state index contributed by atoms with van der Waals surface area (Å²) in [7, 11) is 1.48. The molecule has 84 valence electrons. The smallest absolute Gasteiger partial charge is 0.286 e. The maximum Gasteiger partial charge on any atom is 0.286 e. The number of thioether (sulfide) groups is 1. The molecule has 1 aromatic rings. The summed E-state index contributed by atoms with van der Waals surface area (Å²) in [6, 6.07) is 4.81. The Balaban J connectivity index is 0.000000921. The molecule has 0 heterocycles. The van der Waals surface area contributed by atoms with Crippen LogP contribution in [-0.4, -0.2) is 18.3 Å². The second kappa shape index (κ2) is 7.11. The number of methoxy groups -OCH3 is 1. The van der Waals surface area contributed by atoms with Gasteiger partial charge in [0.1, 0.15) is 5.75 Å². The van der Waals surface area contributed by atoms with E-state index in [1.54, 1.807) is 18.4 Å². The number of nitrogens with zero attached hydrogens (tertiary/aromatic N) is 1. The first-order valence-corrected chi connectivity index (χ1v) is 5.78. The van der Waals surface area contributed by atoms with Crippen molar-refractivity contribution in [2.24, 2.45) is 0 Å². The van der Waals surface area contributed by atoms with Crippen molar-refractivity contribution in [3.05, 3.63) is 28.3 Å². The lowest BCUT2D eigenvalue weighted by atomic mass is 10.3. The molecule has 0 atom stereocenters. The number of benzene rings is 1. The number of hydrogen-bond acceptors (Lipinski definition) is 4. The highest BCUT2D eigenvalue weighted by atomic mass is 32.2. The molecule has 0 aliphatic heterocycles. The third-order valence-corrected chi connectivity index (χ3v) is 2.37. The Bertz CT molecular complexity index is 328. The van der Waals surface area contributed by atoms with Gasteiger partial charge in [0.2, 0.25) is 0 Å². The van der Waals surface area contributed by atoms with Gasteiger partial charge in [0.15, 0.2) is 0 Å². The lowest BCUT2D eigenvalue weighted by molar-refractivity contribution is -0.387. The van der Waals surface area contributed by atoms with Crippen LogP contribution < -0.4 is 4.74 Å². The molecular weight excluding hydrogens is 214 g/mol. The van der Waals surface area contributed by atoms with Crippen LogP contribution in [0.5, 0.6) is 5.75 Å². The largest absolute Gasteiger partial charge is 0.497 e. The molecule has 0 unspecified atom stereocenters. The van der Waals surface area contributed by atoms with Gasteiger partial charge in [-0.1, -0.05) is 13.8 Å². The average Bonchev–Trinajstić information content (AvgIpc) is 2.30. The Morgan fingerprint density at radius 2 is 2.00 bits per heavy atom. The molecule has 15 heavy (non-hydrogen) atoms. The van der Waals surface area contributed by atoms with Gasteiger partial charge in [-0.15, -0.1) is 11.8 Å². The van der Waals surface area contributed by atoms with Gasteiger partial charge in [-0.2, -0.15) is 0 Å². The Labute approximate surface area is 93.8 Å². The van der Waals surface area contributed by atoms with E-state index in [1.807, 2.05) is 13.8 Å². The Kier molecular flexibility index (Phi) is 6.53. The molecule has 0 spiro atoms. The van der Waals surface area contributed by atoms with Gasteiger partial charge in [-0.05, 0) is 18.4 Å². The van der Waals surface area contributed by atoms with Crippen molar-refractivity contribution in [2.75, 3.05) is 13.4 Å². The van der Waals surface area contributed by atoms with E-state index in [1.165, 1.54) is 24.9 Å². The van der Waals surface area contributed by atoms with Gasteiger partial charge in [0.05, 0.1) is 23.0 Å². The van der Waals surface area contributed by atoms with Crippen LogP contribution in [0.4, 0.5) is 5.69 Å². The van der Waals surface area contributed by atoms with Gasteiger partial charge in [0, 0.05) is 0 Å². The zero-order chi connectivity index (χ0) is 11.8. The Morgan fingerprint density at radius 3 is 2.40 bits per heavy atom. The van der Waals surface area contributed by atoms with Gasteiger partial charge in [0.25, 0.3) is 5.69 Å². The molecule has 0 bridgehead atoms. The van der Waals surface area contributed by atoms with Gasteiger partial charge >= 0.3 is 0 Å². The fraction of sp³-hybridized carbons (Fsp3) is 0.400. The molecule has 0 fully saturated rings. The molecule has 0 saturated carbocycles. The zero-order valence-corrected chi connectivity index (χ0v) is 10.1. The Morgan fingerprint density at radius 1 is 1.40 bits per heavy atom. The third kappa shape index (κ3) is 3.79. The molecule has 1 aromatic carbocycles. The number of nitro groups is 1. The fourth-order valence-corrected chi connectivity index (χ4v) is 1.49. The summed E-state index contributed by atoms with van der Waals surface area (Å²) in [5, 5.41) is 10.6. The quantitative estimate of drug-likeness (QED) is 0.453. The van der Waals surface area contributed by atoms with Crippen LogP contribution in [0.25, 0.3) is 0 Å². The van der Waals surface area contributed by atoms with Crippen LogP contribution in [0, 0.1) is 10.1 Å². The minimum Gasteiger partial charge on any atom is -0.497 e. The molecule has 0 N–H and O–H groups in total. The van der Waals surface area contributed by atoms with Crippen LogP contribution >= 0.6 is 11.8 Å². The summed E-state index contributed by atoms with van der Waals surface area (Å²) in [6.07, 6.45) is 1.80. The van der Waals surface area contributed by atoms with Crippen molar-refractivity contribution < 1.29 is 9.66 Å². The summed E-state index contributed by atoms with van der Waals surface area (Å²) in [6.45, 7) is 4.00. The SMILES string of the molecule is CC.COc1ccc(SC)c([N+](=O)[O-])c1. The predicted octanol–water partition coefficient (Wildman–Crippen LogP) is 3.35. The normalized spacial score (nSPS) is 8.80. The predicted molar refractivity (Wildman–Crippen MR) is 62.8 cm³/mol. The van der Waals surface area contributed by atoms with Crippen LogP contribution in [0.15, 0.2) is 23.1 Å². The summed E-state index contributed by atoms with van der Waals surface area (Å²) in [5.41, 5.74) is 0.0897. The molecule has 4 nitrogen and oxygen atoms in total. The van der Waals surface area contributed by atoms with E-state index in [2.05, 4.69) is 0 Å². The lowest BCUT2D eigenvalue weighted by Gasteiger charge is -2.02. The molecule has 1 rings (SSSR count). The zero-order valence-electron chi connectivity index (χ0n) is 9.31. The van der Waals surface area contributed by atoms with Crippen molar-refractivity contribution in [1.82, 2.24) is 0 Å². The standard InChI is InChI=1S/C8H9NO3S.C2H6/c1-12-6-3-4-8(13-2)7(5-6)9(10)11;1-2/h3-5H,1-2H3;1-2H3. The first kappa shape index (κ1) is 13.8. The van der Waals surface area contributed by atoms with Crippen molar-refractivity contribution in [3.63, 3.8) is 0 Å². The van der Waals surface area contributed by atoms with Crippen molar-refractivity contribution >= 4 is 17.4 Å². The van der Waals surface area contributed by atoms with Crippen molar-refractivity contribution in [2.45, 2.75) is 18.7 Å². The lowest BCUT2D eigenvalue weighted by Crippen LogP contribution is -1.92.